The van der Waals surface area contributed by atoms with Crippen LogP contribution >= 0.6 is 15.9 Å². The van der Waals surface area contributed by atoms with Crippen LogP contribution in [0.25, 0.3) is 10.8 Å². The third-order valence-electron chi connectivity index (χ3n) is 3.66. The number of phenols is 1. The molecule has 2 N–H and O–H groups in total. The fourth-order valence-corrected chi connectivity index (χ4v) is 2.88. The maximum atomic E-state index is 10.2. The van der Waals surface area contributed by atoms with E-state index in [0.717, 1.165) is 26.5 Å². The van der Waals surface area contributed by atoms with Gasteiger partial charge in [0.05, 0.1) is 0 Å². The van der Waals surface area contributed by atoms with E-state index in [4.69, 9.17) is 0 Å². The van der Waals surface area contributed by atoms with Crippen LogP contribution in [0.15, 0.2) is 59.1 Å². The Labute approximate surface area is 132 Å². The average Bonchev–Trinajstić information content (AvgIpc) is 2.50. The fraction of sp³-hybridized carbons (Fsp3) is 0.111. The molecule has 3 heteroatoms. The summed E-state index contributed by atoms with van der Waals surface area (Å²) in [6.45, 7) is 2.64. The Morgan fingerprint density at radius 1 is 1.00 bits per heavy atom. The molecule has 0 unspecified atom stereocenters. The Morgan fingerprint density at radius 2 is 1.81 bits per heavy atom. The van der Waals surface area contributed by atoms with Crippen molar-refractivity contribution in [2.75, 3.05) is 5.32 Å². The van der Waals surface area contributed by atoms with Gasteiger partial charge in [-0.1, -0.05) is 42.5 Å². The number of hydrogen-bond donors (Lipinski definition) is 2. The highest BCUT2D eigenvalue weighted by Gasteiger charge is 2.08. The first-order valence-electron chi connectivity index (χ1n) is 6.85. The van der Waals surface area contributed by atoms with Crippen molar-refractivity contribution in [3.63, 3.8) is 0 Å². The van der Waals surface area contributed by atoms with Gasteiger partial charge in [0, 0.05) is 22.3 Å². The first kappa shape index (κ1) is 14.0. The zero-order valence-corrected chi connectivity index (χ0v) is 13.3. The van der Waals surface area contributed by atoms with Gasteiger partial charge in [-0.05, 0) is 51.3 Å². The maximum Gasteiger partial charge on any atom is 0.121 e. The second-order valence-corrected chi connectivity index (χ2v) is 5.87. The van der Waals surface area contributed by atoms with Crippen LogP contribution in [0.5, 0.6) is 5.75 Å². The normalized spacial score (nSPS) is 10.8. The molecule has 21 heavy (non-hydrogen) atoms. The lowest BCUT2D eigenvalue weighted by Gasteiger charge is -2.13. The molecule has 0 heterocycles. The Kier molecular flexibility index (Phi) is 3.84. The summed E-state index contributed by atoms with van der Waals surface area (Å²) >= 11 is 3.60. The van der Waals surface area contributed by atoms with E-state index in [0.29, 0.717) is 12.3 Å². The van der Waals surface area contributed by atoms with E-state index in [-0.39, 0.29) is 0 Å². The summed E-state index contributed by atoms with van der Waals surface area (Å²) in [5.74, 6) is 0.324. The summed E-state index contributed by atoms with van der Waals surface area (Å²) in [6, 6.07) is 17.9. The molecule has 0 saturated heterocycles. The Morgan fingerprint density at radius 3 is 2.67 bits per heavy atom. The van der Waals surface area contributed by atoms with Gasteiger partial charge in [-0.3, -0.25) is 0 Å². The molecule has 0 saturated carbocycles. The fourth-order valence-electron chi connectivity index (χ4n) is 2.48. The lowest BCUT2D eigenvalue weighted by atomic mass is 10.0. The zero-order valence-electron chi connectivity index (χ0n) is 11.7. The Balaban J connectivity index is 1.95. The van der Waals surface area contributed by atoms with Crippen LogP contribution < -0.4 is 5.32 Å². The van der Waals surface area contributed by atoms with Crippen LogP contribution in [0.4, 0.5) is 5.69 Å². The molecular weight excluding hydrogens is 326 g/mol. The average molecular weight is 342 g/mol. The quantitative estimate of drug-likeness (QED) is 0.683. The lowest BCUT2D eigenvalue weighted by Crippen LogP contribution is -2.01. The number of fused-ring (bicyclic) bond motifs is 1. The van der Waals surface area contributed by atoms with Crippen LogP contribution in [0.1, 0.15) is 11.1 Å². The number of aryl methyl sites for hydroxylation is 1. The largest absolute Gasteiger partial charge is 0.508 e. The van der Waals surface area contributed by atoms with E-state index >= 15 is 0 Å². The van der Waals surface area contributed by atoms with Gasteiger partial charge < -0.3 is 10.4 Å². The minimum Gasteiger partial charge on any atom is -0.508 e. The lowest BCUT2D eigenvalue weighted by molar-refractivity contribution is 0.470. The topological polar surface area (TPSA) is 32.3 Å². The van der Waals surface area contributed by atoms with Gasteiger partial charge in [0.25, 0.3) is 0 Å². The molecule has 0 aliphatic carbocycles. The van der Waals surface area contributed by atoms with Crippen molar-refractivity contribution in [2.24, 2.45) is 0 Å². The Hall–Kier alpha value is -2.00. The molecule has 0 amide bonds. The summed E-state index contributed by atoms with van der Waals surface area (Å²) in [4.78, 5) is 0. The smallest absolute Gasteiger partial charge is 0.121 e. The number of benzene rings is 3. The highest BCUT2D eigenvalue weighted by molar-refractivity contribution is 9.10. The molecule has 0 radical (unpaired) electrons. The summed E-state index contributed by atoms with van der Waals surface area (Å²) < 4.78 is 1.06. The first-order valence-corrected chi connectivity index (χ1v) is 7.64. The number of aromatic hydroxyl groups is 1. The molecule has 106 valence electrons. The van der Waals surface area contributed by atoms with Gasteiger partial charge in [0.1, 0.15) is 5.75 Å². The van der Waals surface area contributed by atoms with Gasteiger partial charge in [0.2, 0.25) is 0 Å². The van der Waals surface area contributed by atoms with Gasteiger partial charge >= 0.3 is 0 Å². The van der Waals surface area contributed by atoms with Crippen LogP contribution in [-0.2, 0) is 6.54 Å². The van der Waals surface area contributed by atoms with Gasteiger partial charge in [-0.25, -0.2) is 0 Å². The summed E-state index contributed by atoms with van der Waals surface area (Å²) in [7, 11) is 0. The number of hydrogen-bond acceptors (Lipinski definition) is 2. The van der Waals surface area contributed by atoms with Gasteiger partial charge in [0.15, 0.2) is 0 Å². The number of phenolic OH excluding ortho intramolecular Hbond substituents is 1. The van der Waals surface area contributed by atoms with Crippen molar-refractivity contribution in [1.29, 1.82) is 0 Å². The van der Waals surface area contributed by atoms with Gasteiger partial charge in [-0.15, -0.1) is 0 Å². The molecule has 3 aromatic carbocycles. The highest BCUT2D eigenvalue weighted by Crippen LogP contribution is 2.30. The zero-order chi connectivity index (χ0) is 14.8. The number of rotatable bonds is 3. The molecule has 2 nitrogen and oxygen atoms in total. The standard InChI is InChI=1S/C18H16BrNO/c1-12-5-4-8-16(18(12)19)20-11-15-14-7-3-2-6-13(14)9-10-17(15)21/h2-10,20-21H,11H2,1H3. The molecular formula is C18H16BrNO. The van der Waals surface area contributed by atoms with Gasteiger partial charge in [-0.2, -0.15) is 0 Å². The van der Waals surface area contributed by atoms with E-state index in [9.17, 15) is 5.11 Å². The highest BCUT2D eigenvalue weighted by atomic mass is 79.9. The SMILES string of the molecule is Cc1cccc(NCc2c(O)ccc3ccccc23)c1Br. The molecule has 3 aromatic rings. The monoisotopic (exact) mass is 341 g/mol. The van der Waals surface area contributed by atoms with E-state index in [1.165, 1.54) is 5.56 Å². The summed E-state index contributed by atoms with van der Waals surface area (Å²) in [5, 5.41) is 15.8. The van der Waals surface area contributed by atoms with Crippen LogP contribution in [-0.4, -0.2) is 5.11 Å². The van der Waals surface area contributed by atoms with Crippen molar-refractivity contribution >= 4 is 32.4 Å². The predicted molar refractivity (Wildman–Crippen MR) is 91.8 cm³/mol. The molecule has 3 rings (SSSR count). The molecule has 0 bridgehead atoms. The van der Waals surface area contributed by atoms with Crippen molar-refractivity contribution < 1.29 is 5.11 Å². The van der Waals surface area contributed by atoms with Crippen molar-refractivity contribution in [3.05, 3.63) is 70.2 Å². The van der Waals surface area contributed by atoms with Crippen LogP contribution in [0.3, 0.4) is 0 Å². The molecule has 0 aliphatic rings. The third kappa shape index (κ3) is 2.74. The van der Waals surface area contributed by atoms with E-state index in [2.05, 4.69) is 40.3 Å². The molecule has 0 aromatic heterocycles. The minimum atomic E-state index is 0.324. The van der Waals surface area contributed by atoms with E-state index < -0.39 is 0 Å². The van der Waals surface area contributed by atoms with E-state index in [1.54, 1.807) is 6.07 Å². The van der Waals surface area contributed by atoms with Crippen molar-refractivity contribution in [1.82, 2.24) is 0 Å². The van der Waals surface area contributed by atoms with Crippen molar-refractivity contribution in [2.45, 2.75) is 13.5 Å². The molecule has 0 fully saturated rings. The predicted octanol–water partition coefficient (Wildman–Crippen LogP) is 5.23. The number of nitrogens with one attached hydrogen (secondary N) is 1. The number of anilines is 1. The summed E-state index contributed by atoms with van der Waals surface area (Å²) in [5.41, 5.74) is 3.13. The third-order valence-corrected chi connectivity index (χ3v) is 4.72. The maximum absolute atomic E-state index is 10.2. The van der Waals surface area contributed by atoms with Crippen molar-refractivity contribution in [3.8, 4) is 5.75 Å². The van der Waals surface area contributed by atoms with Crippen LogP contribution in [0, 0.1) is 6.92 Å². The second-order valence-electron chi connectivity index (χ2n) is 5.07. The van der Waals surface area contributed by atoms with Crippen LogP contribution in [0.2, 0.25) is 0 Å². The first-order chi connectivity index (χ1) is 10.2. The number of halogens is 1. The second kappa shape index (κ2) is 5.78. The molecule has 0 spiro atoms. The summed E-state index contributed by atoms with van der Waals surface area (Å²) in [6.07, 6.45) is 0. The van der Waals surface area contributed by atoms with E-state index in [1.807, 2.05) is 36.4 Å². The molecule has 0 aliphatic heterocycles. The Bertz CT molecular complexity index is 798. The minimum absolute atomic E-state index is 0.324. The molecule has 0 atom stereocenters.